The molecule has 0 aliphatic carbocycles. The van der Waals surface area contributed by atoms with E-state index in [0.29, 0.717) is 6.54 Å². The van der Waals surface area contributed by atoms with Crippen molar-refractivity contribution in [1.82, 2.24) is 14.9 Å². The molecule has 1 aliphatic rings. The number of nitrogens with one attached hydrogen (secondary N) is 1. The maximum atomic E-state index is 12.3. The van der Waals surface area contributed by atoms with Gasteiger partial charge in [-0.1, -0.05) is 12.1 Å². The first-order chi connectivity index (χ1) is 10.7. The highest BCUT2D eigenvalue weighted by Crippen LogP contribution is 2.20. The third-order valence-electron chi connectivity index (χ3n) is 4.42. The minimum Gasteiger partial charge on any atom is -0.378 e. The zero-order valence-corrected chi connectivity index (χ0v) is 13.2. The predicted molar refractivity (Wildman–Crippen MR) is 85.6 cm³/mol. The van der Waals surface area contributed by atoms with Crippen LogP contribution in [0.25, 0.3) is 11.0 Å². The van der Waals surface area contributed by atoms with Gasteiger partial charge in [-0.15, -0.1) is 0 Å². The third kappa shape index (κ3) is 2.99. The molecule has 3 rings (SSSR count). The molecule has 1 saturated heterocycles. The van der Waals surface area contributed by atoms with Gasteiger partial charge < -0.3 is 14.6 Å². The minimum atomic E-state index is -0.0191. The number of rotatable bonds is 4. The predicted octanol–water partition coefficient (Wildman–Crippen LogP) is 2.28. The summed E-state index contributed by atoms with van der Waals surface area (Å²) in [5.41, 5.74) is 2.12. The molecule has 2 atom stereocenters. The third-order valence-corrected chi connectivity index (χ3v) is 4.42. The lowest BCUT2D eigenvalue weighted by Gasteiger charge is -2.28. The fraction of sp³-hybridized carbons (Fsp3) is 0.529. The Hall–Kier alpha value is -1.88. The monoisotopic (exact) mass is 301 g/mol. The van der Waals surface area contributed by atoms with Gasteiger partial charge in [-0.25, -0.2) is 4.98 Å². The standard InChI is InChI=1S/C17H23N3O2/c1-12-14(6-5-11-22-12)17(21)18-9-10-20-13(2)19-15-7-3-4-8-16(15)20/h3-4,7-8,12,14H,5-6,9-11H2,1-2H3,(H,18,21)/t12-,14+/m0/s1. The number of aromatic nitrogens is 2. The quantitative estimate of drug-likeness (QED) is 0.942. The summed E-state index contributed by atoms with van der Waals surface area (Å²) in [4.78, 5) is 16.8. The van der Waals surface area contributed by atoms with Gasteiger partial charge in [-0.05, 0) is 38.8 Å². The zero-order chi connectivity index (χ0) is 15.5. The van der Waals surface area contributed by atoms with Gasteiger partial charge in [0.2, 0.25) is 5.91 Å². The van der Waals surface area contributed by atoms with E-state index in [2.05, 4.69) is 20.9 Å². The van der Waals surface area contributed by atoms with Crippen LogP contribution < -0.4 is 5.32 Å². The zero-order valence-electron chi connectivity index (χ0n) is 13.2. The fourth-order valence-corrected chi connectivity index (χ4v) is 3.17. The number of amides is 1. The van der Waals surface area contributed by atoms with Crippen molar-refractivity contribution in [3.05, 3.63) is 30.1 Å². The molecule has 0 radical (unpaired) electrons. The molecule has 1 aromatic carbocycles. The number of imidazole rings is 1. The summed E-state index contributed by atoms with van der Waals surface area (Å²) in [6.07, 6.45) is 1.90. The van der Waals surface area contributed by atoms with Gasteiger partial charge in [0.15, 0.2) is 0 Å². The number of aryl methyl sites for hydroxylation is 1. The molecule has 1 aromatic heterocycles. The topological polar surface area (TPSA) is 56.2 Å². The number of carbonyl (C=O) groups is 1. The van der Waals surface area contributed by atoms with Gasteiger partial charge >= 0.3 is 0 Å². The van der Waals surface area contributed by atoms with E-state index in [-0.39, 0.29) is 17.9 Å². The number of para-hydroxylation sites is 2. The molecule has 22 heavy (non-hydrogen) atoms. The second-order valence-corrected chi connectivity index (χ2v) is 5.92. The molecule has 0 spiro atoms. The van der Waals surface area contributed by atoms with Crippen LogP contribution in [0.2, 0.25) is 0 Å². The molecule has 5 nitrogen and oxygen atoms in total. The highest BCUT2D eigenvalue weighted by molar-refractivity contribution is 5.79. The van der Waals surface area contributed by atoms with E-state index in [4.69, 9.17) is 4.74 Å². The Kier molecular flexibility index (Phi) is 4.43. The highest BCUT2D eigenvalue weighted by Gasteiger charge is 2.28. The van der Waals surface area contributed by atoms with E-state index in [1.807, 2.05) is 32.0 Å². The molecule has 1 fully saturated rings. The Labute approximate surface area is 130 Å². The van der Waals surface area contributed by atoms with Crippen LogP contribution in [0.4, 0.5) is 0 Å². The number of carbonyl (C=O) groups excluding carboxylic acids is 1. The van der Waals surface area contributed by atoms with E-state index in [9.17, 15) is 4.79 Å². The average molecular weight is 301 g/mol. The van der Waals surface area contributed by atoms with Crippen molar-refractivity contribution in [2.75, 3.05) is 13.2 Å². The molecule has 1 N–H and O–H groups in total. The molecular formula is C17H23N3O2. The van der Waals surface area contributed by atoms with Crippen molar-refractivity contribution in [1.29, 1.82) is 0 Å². The number of fused-ring (bicyclic) bond motifs is 1. The molecule has 118 valence electrons. The van der Waals surface area contributed by atoms with Crippen molar-refractivity contribution in [3.8, 4) is 0 Å². The summed E-state index contributed by atoms with van der Waals surface area (Å²) < 4.78 is 7.71. The molecule has 0 unspecified atom stereocenters. The molecule has 0 bridgehead atoms. The number of nitrogens with zero attached hydrogens (tertiary/aromatic N) is 2. The van der Waals surface area contributed by atoms with Crippen LogP contribution in [0.5, 0.6) is 0 Å². The van der Waals surface area contributed by atoms with Crippen LogP contribution in [0.3, 0.4) is 0 Å². The first kappa shape index (κ1) is 15.0. The van der Waals surface area contributed by atoms with Crippen molar-refractivity contribution < 1.29 is 9.53 Å². The number of hydrogen-bond donors (Lipinski definition) is 1. The van der Waals surface area contributed by atoms with Gasteiger partial charge in [0.1, 0.15) is 5.82 Å². The Bertz CT molecular complexity index is 665. The van der Waals surface area contributed by atoms with Crippen molar-refractivity contribution >= 4 is 16.9 Å². The highest BCUT2D eigenvalue weighted by atomic mass is 16.5. The lowest BCUT2D eigenvalue weighted by atomic mass is 9.94. The normalized spacial score (nSPS) is 21.9. The summed E-state index contributed by atoms with van der Waals surface area (Å²) in [6, 6.07) is 8.08. The first-order valence-corrected chi connectivity index (χ1v) is 7.98. The molecule has 0 saturated carbocycles. The Morgan fingerprint density at radius 2 is 2.27 bits per heavy atom. The summed E-state index contributed by atoms with van der Waals surface area (Å²) in [5, 5.41) is 3.05. The largest absolute Gasteiger partial charge is 0.378 e. The number of ether oxygens (including phenoxy) is 1. The minimum absolute atomic E-state index is 0.0181. The van der Waals surface area contributed by atoms with Crippen LogP contribution in [0.15, 0.2) is 24.3 Å². The van der Waals surface area contributed by atoms with Crippen LogP contribution in [-0.2, 0) is 16.1 Å². The van der Waals surface area contributed by atoms with Gasteiger partial charge in [0, 0.05) is 19.7 Å². The van der Waals surface area contributed by atoms with Gasteiger partial charge in [-0.3, -0.25) is 4.79 Å². The van der Waals surface area contributed by atoms with E-state index >= 15 is 0 Å². The van der Waals surface area contributed by atoms with Crippen LogP contribution in [0.1, 0.15) is 25.6 Å². The number of benzene rings is 1. The smallest absolute Gasteiger partial charge is 0.225 e. The summed E-state index contributed by atoms with van der Waals surface area (Å²) in [5.74, 6) is 1.06. The number of hydrogen-bond acceptors (Lipinski definition) is 3. The maximum absolute atomic E-state index is 12.3. The Morgan fingerprint density at radius 1 is 1.45 bits per heavy atom. The molecular weight excluding hydrogens is 278 g/mol. The second-order valence-electron chi connectivity index (χ2n) is 5.92. The van der Waals surface area contributed by atoms with E-state index in [1.54, 1.807) is 0 Å². The summed E-state index contributed by atoms with van der Waals surface area (Å²) in [7, 11) is 0. The maximum Gasteiger partial charge on any atom is 0.225 e. The Balaban J connectivity index is 1.60. The van der Waals surface area contributed by atoms with E-state index in [0.717, 1.165) is 42.9 Å². The molecule has 5 heteroatoms. The summed E-state index contributed by atoms with van der Waals surface area (Å²) >= 11 is 0. The van der Waals surface area contributed by atoms with E-state index in [1.165, 1.54) is 0 Å². The van der Waals surface area contributed by atoms with Gasteiger partial charge in [0.25, 0.3) is 0 Å². The average Bonchev–Trinajstić information content (AvgIpc) is 2.83. The summed E-state index contributed by atoms with van der Waals surface area (Å²) in [6.45, 7) is 6.10. The lowest BCUT2D eigenvalue weighted by Crippen LogP contribution is -2.41. The first-order valence-electron chi connectivity index (χ1n) is 7.98. The van der Waals surface area contributed by atoms with Gasteiger partial charge in [-0.2, -0.15) is 0 Å². The Morgan fingerprint density at radius 3 is 3.09 bits per heavy atom. The van der Waals surface area contributed by atoms with Crippen LogP contribution in [-0.4, -0.2) is 34.7 Å². The van der Waals surface area contributed by atoms with Gasteiger partial charge in [0.05, 0.1) is 23.1 Å². The molecule has 1 amide bonds. The van der Waals surface area contributed by atoms with Crippen molar-refractivity contribution in [3.63, 3.8) is 0 Å². The molecule has 2 heterocycles. The van der Waals surface area contributed by atoms with Crippen LogP contribution >= 0.6 is 0 Å². The SMILES string of the molecule is Cc1nc2ccccc2n1CCNC(=O)[C@@H]1CCCO[C@H]1C. The van der Waals surface area contributed by atoms with E-state index < -0.39 is 0 Å². The van der Waals surface area contributed by atoms with Crippen molar-refractivity contribution in [2.24, 2.45) is 5.92 Å². The lowest BCUT2D eigenvalue weighted by molar-refractivity contribution is -0.133. The second kappa shape index (κ2) is 6.48. The molecule has 2 aromatic rings. The molecule has 1 aliphatic heterocycles. The van der Waals surface area contributed by atoms with Crippen molar-refractivity contribution in [2.45, 2.75) is 39.3 Å². The van der Waals surface area contributed by atoms with Crippen LogP contribution in [0, 0.1) is 12.8 Å². The fourth-order valence-electron chi connectivity index (χ4n) is 3.17.